The molecule has 0 atom stereocenters. The summed E-state index contributed by atoms with van der Waals surface area (Å²) in [6.45, 7) is 1.93. The van der Waals surface area contributed by atoms with E-state index < -0.39 is 5.56 Å². The third-order valence-electron chi connectivity index (χ3n) is 2.87. The van der Waals surface area contributed by atoms with Gasteiger partial charge in [0.2, 0.25) is 0 Å². The highest BCUT2D eigenvalue weighted by Crippen LogP contribution is 2.06. The Morgan fingerprint density at radius 1 is 1.25 bits per heavy atom. The van der Waals surface area contributed by atoms with Gasteiger partial charge in [-0.1, -0.05) is 17.7 Å². The van der Waals surface area contributed by atoms with Crippen molar-refractivity contribution < 1.29 is 4.79 Å². The molecule has 0 unspecified atom stereocenters. The predicted octanol–water partition coefficient (Wildman–Crippen LogP) is 0.978. The van der Waals surface area contributed by atoms with Crippen LogP contribution in [0.2, 0.25) is 0 Å². The molecule has 0 spiro atoms. The molecule has 7 heteroatoms. The Kier molecular flexibility index (Phi) is 2.79. The number of benzene rings is 1. The summed E-state index contributed by atoms with van der Waals surface area (Å²) in [5, 5.41) is 5.17. The van der Waals surface area contributed by atoms with Gasteiger partial charge in [0, 0.05) is 5.56 Å². The van der Waals surface area contributed by atoms with Crippen LogP contribution in [0.3, 0.4) is 0 Å². The largest absolute Gasteiger partial charge is 0.316 e. The van der Waals surface area contributed by atoms with Crippen LogP contribution in [-0.4, -0.2) is 25.5 Å². The van der Waals surface area contributed by atoms with Crippen molar-refractivity contribution in [3.63, 3.8) is 0 Å². The lowest BCUT2D eigenvalue weighted by Gasteiger charge is -2.04. The van der Waals surface area contributed by atoms with E-state index in [1.54, 1.807) is 12.1 Å². The number of rotatable bonds is 2. The molecule has 3 rings (SSSR count). The molecule has 1 aromatic carbocycles. The molecule has 100 valence electrons. The monoisotopic (exact) mass is 269 g/mol. The molecule has 0 aliphatic rings. The number of carbonyl (C=O) groups excluding carboxylic acids is 1. The van der Waals surface area contributed by atoms with Crippen LogP contribution in [0.5, 0.6) is 0 Å². The summed E-state index contributed by atoms with van der Waals surface area (Å²) in [5.41, 5.74) is 1.22. The van der Waals surface area contributed by atoms with Crippen molar-refractivity contribution >= 4 is 17.4 Å². The van der Waals surface area contributed by atoms with Gasteiger partial charge in [-0.25, -0.2) is 9.97 Å². The van der Waals surface area contributed by atoms with Gasteiger partial charge in [-0.3, -0.25) is 14.7 Å². The molecule has 0 saturated carbocycles. The third-order valence-corrected chi connectivity index (χ3v) is 2.87. The van der Waals surface area contributed by atoms with Gasteiger partial charge >= 0.3 is 0 Å². The summed E-state index contributed by atoms with van der Waals surface area (Å²) < 4.78 is 1.16. The maximum atomic E-state index is 12.0. The molecule has 1 amide bonds. The number of hydrogen-bond acceptors (Lipinski definition) is 4. The molecule has 0 bridgehead atoms. The lowest BCUT2D eigenvalue weighted by atomic mass is 10.1. The van der Waals surface area contributed by atoms with E-state index in [1.807, 2.05) is 19.1 Å². The Balaban J connectivity index is 1.93. The van der Waals surface area contributed by atoms with Crippen molar-refractivity contribution in [2.75, 3.05) is 5.32 Å². The van der Waals surface area contributed by atoms with Gasteiger partial charge in [-0.15, -0.1) is 0 Å². The van der Waals surface area contributed by atoms with Crippen LogP contribution in [0.1, 0.15) is 15.9 Å². The SMILES string of the molecule is Cc1ccc(C(=O)Nc2cnc3nc[nH]n3c2=O)cc1. The lowest BCUT2D eigenvalue weighted by molar-refractivity contribution is 0.102. The van der Waals surface area contributed by atoms with E-state index in [0.717, 1.165) is 10.1 Å². The summed E-state index contributed by atoms with van der Waals surface area (Å²) in [6, 6.07) is 7.06. The first-order chi connectivity index (χ1) is 9.65. The average molecular weight is 269 g/mol. The van der Waals surface area contributed by atoms with Crippen LogP contribution in [0.25, 0.3) is 5.78 Å². The van der Waals surface area contributed by atoms with Crippen LogP contribution in [0, 0.1) is 6.92 Å². The summed E-state index contributed by atoms with van der Waals surface area (Å²) in [4.78, 5) is 31.9. The Bertz CT molecular complexity index is 832. The standard InChI is InChI=1S/C13H11N5O2/c1-8-2-4-9(5-3-8)11(19)17-10-6-14-13-15-7-16-18(13)12(10)20/h2-7H,1H3,(H,17,19)(H,14,15,16). The lowest BCUT2D eigenvalue weighted by Crippen LogP contribution is -2.23. The normalized spacial score (nSPS) is 10.7. The molecule has 0 fully saturated rings. The van der Waals surface area contributed by atoms with E-state index in [-0.39, 0.29) is 17.4 Å². The van der Waals surface area contributed by atoms with Gasteiger partial charge in [0.05, 0.1) is 6.20 Å². The third kappa shape index (κ3) is 2.05. The second-order valence-electron chi connectivity index (χ2n) is 4.32. The number of aromatic nitrogens is 4. The van der Waals surface area contributed by atoms with E-state index in [9.17, 15) is 9.59 Å². The molecular weight excluding hydrogens is 258 g/mol. The zero-order valence-corrected chi connectivity index (χ0v) is 10.6. The predicted molar refractivity (Wildman–Crippen MR) is 72.7 cm³/mol. The smallest absolute Gasteiger partial charge is 0.297 e. The number of carbonyl (C=O) groups is 1. The molecular formula is C13H11N5O2. The average Bonchev–Trinajstić information content (AvgIpc) is 2.92. The minimum absolute atomic E-state index is 0.0947. The van der Waals surface area contributed by atoms with E-state index in [1.165, 1.54) is 12.5 Å². The zero-order valence-electron chi connectivity index (χ0n) is 10.6. The second kappa shape index (κ2) is 4.61. The fraction of sp³-hybridized carbons (Fsp3) is 0.0769. The highest BCUT2D eigenvalue weighted by Gasteiger charge is 2.11. The molecule has 0 aliphatic carbocycles. The van der Waals surface area contributed by atoms with Crippen molar-refractivity contribution in [3.05, 3.63) is 58.3 Å². The van der Waals surface area contributed by atoms with Gasteiger partial charge in [-0.2, -0.15) is 4.52 Å². The van der Waals surface area contributed by atoms with E-state index >= 15 is 0 Å². The minimum atomic E-state index is -0.409. The topological polar surface area (TPSA) is 92.2 Å². The quantitative estimate of drug-likeness (QED) is 0.725. The number of H-pyrrole nitrogens is 1. The number of nitrogens with zero attached hydrogens (tertiary/aromatic N) is 3. The molecule has 2 N–H and O–H groups in total. The van der Waals surface area contributed by atoms with Crippen molar-refractivity contribution in [2.45, 2.75) is 6.92 Å². The molecule has 0 aliphatic heterocycles. The molecule has 2 aromatic heterocycles. The highest BCUT2D eigenvalue weighted by molar-refractivity contribution is 6.04. The van der Waals surface area contributed by atoms with Crippen molar-refractivity contribution in [3.8, 4) is 0 Å². The molecule has 3 aromatic rings. The van der Waals surface area contributed by atoms with E-state index in [0.29, 0.717) is 5.56 Å². The number of aromatic amines is 1. The molecule has 7 nitrogen and oxygen atoms in total. The number of nitrogens with one attached hydrogen (secondary N) is 2. The number of aryl methyl sites for hydroxylation is 1. The molecule has 20 heavy (non-hydrogen) atoms. The first-order valence-corrected chi connectivity index (χ1v) is 5.94. The van der Waals surface area contributed by atoms with Crippen molar-refractivity contribution in [2.24, 2.45) is 0 Å². The number of amides is 1. The van der Waals surface area contributed by atoms with Gasteiger partial charge in [0.1, 0.15) is 12.0 Å². The van der Waals surface area contributed by atoms with Crippen molar-refractivity contribution in [1.82, 2.24) is 19.6 Å². The first kappa shape index (κ1) is 12.1. The summed E-state index contributed by atoms with van der Waals surface area (Å²) in [6.07, 6.45) is 2.65. The summed E-state index contributed by atoms with van der Waals surface area (Å²) >= 11 is 0. The van der Waals surface area contributed by atoms with E-state index in [4.69, 9.17) is 0 Å². The van der Waals surface area contributed by atoms with Crippen LogP contribution in [0.4, 0.5) is 5.69 Å². The van der Waals surface area contributed by atoms with Gasteiger partial charge < -0.3 is 5.32 Å². The van der Waals surface area contributed by atoms with Crippen LogP contribution < -0.4 is 10.9 Å². The van der Waals surface area contributed by atoms with Crippen LogP contribution in [-0.2, 0) is 0 Å². The Labute approximate surface area is 113 Å². The van der Waals surface area contributed by atoms with Gasteiger partial charge in [0.15, 0.2) is 0 Å². The first-order valence-electron chi connectivity index (χ1n) is 5.94. The van der Waals surface area contributed by atoms with Crippen LogP contribution >= 0.6 is 0 Å². The Morgan fingerprint density at radius 2 is 2.00 bits per heavy atom. The fourth-order valence-electron chi connectivity index (χ4n) is 1.78. The van der Waals surface area contributed by atoms with Gasteiger partial charge in [-0.05, 0) is 19.1 Å². The van der Waals surface area contributed by atoms with Crippen LogP contribution in [0.15, 0.2) is 41.6 Å². The summed E-state index contributed by atoms with van der Waals surface area (Å²) in [5.74, 6) is -0.105. The molecule has 2 heterocycles. The van der Waals surface area contributed by atoms with Gasteiger partial charge in [0.25, 0.3) is 17.2 Å². The molecule has 0 radical (unpaired) electrons. The number of hydrogen-bond donors (Lipinski definition) is 2. The highest BCUT2D eigenvalue weighted by atomic mass is 16.2. The fourth-order valence-corrected chi connectivity index (χ4v) is 1.78. The van der Waals surface area contributed by atoms with Crippen molar-refractivity contribution in [1.29, 1.82) is 0 Å². The minimum Gasteiger partial charge on any atom is -0.316 e. The summed E-state index contributed by atoms with van der Waals surface area (Å²) in [7, 11) is 0. The maximum absolute atomic E-state index is 12.0. The molecule has 0 saturated heterocycles. The van der Waals surface area contributed by atoms with E-state index in [2.05, 4.69) is 20.4 Å². The second-order valence-corrected chi connectivity index (χ2v) is 4.32. The zero-order chi connectivity index (χ0) is 14.1. The maximum Gasteiger partial charge on any atom is 0.297 e. The number of anilines is 1. The Hall–Kier alpha value is -2.96. The number of fused-ring (bicyclic) bond motifs is 1. The Morgan fingerprint density at radius 3 is 2.75 bits per heavy atom.